The lowest BCUT2D eigenvalue weighted by Gasteiger charge is -2.17. The summed E-state index contributed by atoms with van der Waals surface area (Å²) in [4.78, 5) is 25.0. The van der Waals surface area contributed by atoms with E-state index in [0.29, 0.717) is 17.1 Å². The molecule has 1 aliphatic rings. The molecule has 0 heterocycles. The van der Waals surface area contributed by atoms with E-state index in [1.54, 1.807) is 37.5 Å². The monoisotopic (exact) mass is 409 g/mol. The second kappa shape index (κ2) is 9.96. The van der Waals surface area contributed by atoms with Crippen LogP contribution < -0.4 is 14.8 Å². The van der Waals surface area contributed by atoms with Gasteiger partial charge >= 0.3 is 5.97 Å². The third kappa shape index (κ3) is 6.11. The van der Waals surface area contributed by atoms with E-state index in [1.165, 1.54) is 6.08 Å². The van der Waals surface area contributed by atoms with Crippen LogP contribution in [-0.4, -0.2) is 31.1 Å². The highest BCUT2D eigenvalue weighted by atomic mass is 16.5. The minimum absolute atomic E-state index is 0.0203. The number of benzene rings is 2. The molecule has 0 radical (unpaired) electrons. The summed E-state index contributed by atoms with van der Waals surface area (Å²) in [6.07, 6.45) is 3.87. The first-order valence-corrected chi connectivity index (χ1v) is 10.0. The van der Waals surface area contributed by atoms with E-state index in [4.69, 9.17) is 14.2 Å². The lowest BCUT2D eigenvalue weighted by atomic mass is 10.1. The maximum atomic E-state index is 12.6. The molecular formula is C24H27NO5. The Labute approximate surface area is 176 Å². The number of amides is 1. The third-order valence-corrected chi connectivity index (χ3v) is 4.46. The first-order chi connectivity index (χ1) is 14.5. The van der Waals surface area contributed by atoms with Gasteiger partial charge in [-0.05, 0) is 50.5 Å². The quantitative estimate of drug-likeness (QED) is 0.499. The first kappa shape index (κ1) is 21.4. The molecule has 0 aromatic heterocycles. The Balaban J connectivity index is 1.70. The molecule has 2 aromatic rings. The lowest BCUT2D eigenvalue weighted by molar-refractivity contribution is -0.151. The lowest BCUT2D eigenvalue weighted by Crippen LogP contribution is -2.33. The molecule has 1 atom stereocenters. The van der Waals surface area contributed by atoms with E-state index in [1.807, 2.05) is 38.1 Å². The van der Waals surface area contributed by atoms with E-state index < -0.39 is 12.1 Å². The van der Waals surface area contributed by atoms with Crippen LogP contribution in [0.2, 0.25) is 0 Å². The van der Waals surface area contributed by atoms with Gasteiger partial charge in [-0.15, -0.1) is 0 Å². The average Bonchev–Trinajstić information content (AvgIpc) is 3.55. The molecule has 158 valence electrons. The van der Waals surface area contributed by atoms with Gasteiger partial charge in [0.1, 0.15) is 0 Å². The van der Waals surface area contributed by atoms with Gasteiger partial charge < -0.3 is 19.5 Å². The Morgan fingerprint density at radius 3 is 2.43 bits per heavy atom. The smallest absolute Gasteiger partial charge is 0.331 e. The van der Waals surface area contributed by atoms with Gasteiger partial charge in [-0.3, -0.25) is 4.79 Å². The predicted molar refractivity (Wildman–Crippen MR) is 114 cm³/mol. The van der Waals surface area contributed by atoms with Crippen molar-refractivity contribution in [2.24, 2.45) is 0 Å². The Bertz CT molecular complexity index is 903. The van der Waals surface area contributed by atoms with Crippen molar-refractivity contribution >= 4 is 18.0 Å². The SMILES string of the molecule is COc1cc(/C=C/C(=O)O[C@@H](C(=O)NC2CC2)c2ccccc2)ccc1OC(C)C. The van der Waals surface area contributed by atoms with Gasteiger partial charge in [0, 0.05) is 17.7 Å². The fourth-order valence-corrected chi connectivity index (χ4v) is 2.86. The van der Waals surface area contributed by atoms with Gasteiger partial charge in [-0.25, -0.2) is 4.79 Å². The van der Waals surface area contributed by atoms with E-state index >= 15 is 0 Å². The van der Waals surface area contributed by atoms with E-state index in [0.717, 1.165) is 18.4 Å². The van der Waals surface area contributed by atoms with Crippen LogP contribution in [0.5, 0.6) is 11.5 Å². The number of ether oxygens (including phenoxy) is 3. The van der Waals surface area contributed by atoms with Gasteiger partial charge in [-0.1, -0.05) is 36.4 Å². The minimum Gasteiger partial charge on any atom is -0.493 e. The number of esters is 1. The van der Waals surface area contributed by atoms with Crippen LogP contribution in [0.3, 0.4) is 0 Å². The molecule has 0 spiro atoms. The summed E-state index contributed by atoms with van der Waals surface area (Å²) in [5, 5.41) is 2.90. The summed E-state index contributed by atoms with van der Waals surface area (Å²) in [5.41, 5.74) is 1.38. The van der Waals surface area contributed by atoms with Crippen LogP contribution >= 0.6 is 0 Å². The highest BCUT2D eigenvalue weighted by molar-refractivity contribution is 5.91. The molecule has 1 saturated carbocycles. The molecule has 1 amide bonds. The Kier molecular flexibility index (Phi) is 7.12. The Morgan fingerprint density at radius 2 is 1.80 bits per heavy atom. The predicted octanol–water partition coefficient (Wildman–Crippen LogP) is 4.06. The molecule has 1 aliphatic carbocycles. The summed E-state index contributed by atoms with van der Waals surface area (Å²) in [6.45, 7) is 3.87. The number of rotatable bonds is 9. The van der Waals surface area contributed by atoms with Crippen molar-refractivity contribution in [3.8, 4) is 11.5 Å². The molecule has 0 unspecified atom stereocenters. The maximum absolute atomic E-state index is 12.6. The summed E-state index contributed by atoms with van der Waals surface area (Å²) in [6, 6.07) is 14.6. The number of carbonyl (C=O) groups is 2. The second-order valence-corrected chi connectivity index (χ2v) is 7.42. The molecule has 1 fully saturated rings. The normalized spacial score (nSPS) is 14.4. The van der Waals surface area contributed by atoms with Crippen molar-refractivity contribution in [3.05, 3.63) is 65.7 Å². The van der Waals surface area contributed by atoms with Gasteiger partial charge in [0.05, 0.1) is 13.2 Å². The van der Waals surface area contributed by atoms with E-state index in [2.05, 4.69) is 5.32 Å². The van der Waals surface area contributed by atoms with Crippen molar-refractivity contribution in [2.45, 2.75) is 44.9 Å². The number of nitrogens with one attached hydrogen (secondary N) is 1. The average molecular weight is 409 g/mol. The Morgan fingerprint density at radius 1 is 1.07 bits per heavy atom. The molecular weight excluding hydrogens is 382 g/mol. The first-order valence-electron chi connectivity index (χ1n) is 10.0. The van der Waals surface area contributed by atoms with Crippen LogP contribution in [-0.2, 0) is 14.3 Å². The zero-order valence-corrected chi connectivity index (χ0v) is 17.5. The zero-order chi connectivity index (χ0) is 21.5. The number of hydrogen-bond acceptors (Lipinski definition) is 5. The fourth-order valence-electron chi connectivity index (χ4n) is 2.86. The van der Waals surface area contributed by atoms with Crippen LogP contribution in [0.1, 0.15) is 43.9 Å². The summed E-state index contributed by atoms with van der Waals surface area (Å²) in [7, 11) is 1.56. The highest BCUT2D eigenvalue weighted by Gasteiger charge is 2.30. The van der Waals surface area contributed by atoms with Gasteiger partial charge in [0.2, 0.25) is 6.10 Å². The Hall–Kier alpha value is -3.28. The molecule has 2 aromatic carbocycles. The number of hydrogen-bond donors (Lipinski definition) is 1. The third-order valence-electron chi connectivity index (χ3n) is 4.46. The minimum atomic E-state index is -0.986. The summed E-state index contributed by atoms with van der Waals surface area (Å²) < 4.78 is 16.5. The molecule has 1 N–H and O–H groups in total. The summed E-state index contributed by atoms with van der Waals surface area (Å²) in [5.74, 6) is 0.303. The maximum Gasteiger partial charge on any atom is 0.331 e. The zero-order valence-electron chi connectivity index (χ0n) is 17.5. The highest BCUT2D eigenvalue weighted by Crippen LogP contribution is 2.29. The van der Waals surface area contributed by atoms with Crippen LogP contribution in [0.15, 0.2) is 54.6 Å². The van der Waals surface area contributed by atoms with Gasteiger partial charge in [-0.2, -0.15) is 0 Å². The summed E-state index contributed by atoms with van der Waals surface area (Å²) >= 11 is 0. The van der Waals surface area contributed by atoms with Crippen molar-refractivity contribution in [3.63, 3.8) is 0 Å². The number of methoxy groups -OCH3 is 1. The molecule has 0 saturated heterocycles. The van der Waals surface area contributed by atoms with E-state index in [-0.39, 0.29) is 18.1 Å². The van der Waals surface area contributed by atoms with Crippen molar-refractivity contribution < 1.29 is 23.8 Å². The van der Waals surface area contributed by atoms with Crippen LogP contribution in [0.25, 0.3) is 6.08 Å². The van der Waals surface area contributed by atoms with Gasteiger partial charge in [0.25, 0.3) is 5.91 Å². The number of carbonyl (C=O) groups excluding carboxylic acids is 2. The standard InChI is InChI=1S/C24H27NO5/c1-16(2)29-20-13-9-17(15-21(20)28-3)10-14-22(26)30-23(18-7-5-4-6-8-18)24(27)25-19-11-12-19/h4-10,13-16,19,23H,11-12H2,1-3H3,(H,25,27)/b14-10+/t23-/m1/s1. The molecule has 6 nitrogen and oxygen atoms in total. The molecule has 6 heteroatoms. The van der Waals surface area contributed by atoms with E-state index in [9.17, 15) is 9.59 Å². The molecule has 30 heavy (non-hydrogen) atoms. The molecule has 3 rings (SSSR count). The van der Waals surface area contributed by atoms with Crippen LogP contribution in [0, 0.1) is 0 Å². The van der Waals surface area contributed by atoms with Crippen LogP contribution in [0.4, 0.5) is 0 Å². The largest absolute Gasteiger partial charge is 0.493 e. The topological polar surface area (TPSA) is 73.9 Å². The van der Waals surface area contributed by atoms with Crippen molar-refractivity contribution in [2.75, 3.05) is 7.11 Å². The molecule has 0 bridgehead atoms. The second-order valence-electron chi connectivity index (χ2n) is 7.42. The van der Waals surface area contributed by atoms with Crippen molar-refractivity contribution in [1.29, 1.82) is 0 Å². The van der Waals surface area contributed by atoms with Crippen molar-refractivity contribution in [1.82, 2.24) is 5.32 Å². The molecule has 0 aliphatic heterocycles. The fraction of sp³-hybridized carbons (Fsp3) is 0.333. The van der Waals surface area contributed by atoms with Gasteiger partial charge in [0.15, 0.2) is 11.5 Å².